The van der Waals surface area contributed by atoms with Crippen molar-refractivity contribution in [1.82, 2.24) is 4.57 Å². The van der Waals surface area contributed by atoms with Gasteiger partial charge in [0.1, 0.15) is 17.4 Å². The number of benzene rings is 1. The first-order valence-corrected chi connectivity index (χ1v) is 9.47. The van der Waals surface area contributed by atoms with E-state index < -0.39 is 11.3 Å². The molecule has 0 unspecified atom stereocenters. The summed E-state index contributed by atoms with van der Waals surface area (Å²) in [5.41, 5.74) is 1.55. The number of aromatic hydroxyl groups is 1. The van der Waals surface area contributed by atoms with Crippen molar-refractivity contribution < 1.29 is 14.6 Å². The zero-order valence-electron chi connectivity index (χ0n) is 16.4. The molecule has 1 aromatic carbocycles. The van der Waals surface area contributed by atoms with Crippen molar-refractivity contribution in [3.8, 4) is 17.7 Å². The molecule has 1 aliphatic carbocycles. The van der Waals surface area contributed by atoms with Gasteiger partial charge in [-0.05, 0) is 56.4 Å². The number of carbonyl (C=O) groups excluding carboxylic acids is 1. The first kappa shape index (κ1) is 19.7. The van der Waals surface area contributed by atoms with E-state index in [0.29, 0.717) is 5.75 Å². The van der Waals surface area contributed by atoms with Crippen LogP contribution in [0.15, 0.2) is 23.0 Å². The summed E-state index contributed by atoms with van der Waals surface area (Å²) in [7, 11) is 0. The minimum absolute atomic E-state index is 0.00615. The molecule has 0 saturated heterocycles. The molecule has 1 saturated carbocycles. The number of aromatic nitrogens is 1. The van der Waals surface area contributed by atoms with Crippen molar-refractivity contribution in [1.29, 1.82) is 5.26 Å². The average molecular weight is 380 g/mol. The van der Waals surface area contributed by atoms with E-state index in [0.717, 1.165) is 36.8 Å². The lowest BCUT2D eigenvalue weighted by molar-refractivity contribution is 0.0915. The Bertz CT molecular complexity index is 1020. The largest absolute Gasteiger partial charge is 0.494 e. The van der Waals surface area contributed by atoms with Gasteiger partial charge in [0.2, 0.25) is 11.7 Å². The highest BCUT2D eigenvalue weighted by atomic mass is 16.5. The van der Waals surface area contributed by atoms with E-state index in [1.165, 1.54) is 11.5 Å². The van der Waals surface area contributed by atoms with Gasteiger partial charge in [-0.3, -0.25) is 14.2 Å². The highest BCUT2D eigenvalue weighted by Crippen LogP contribution is 2.34. The fraction of sp³-hybridized carbons (Fsp3) is 0.409. The van der Waals surface area contributed by atoms with Crippen LogP contribution in [0, 0.1) is 32.1 Å². The molecular formula is C22H24N2O4. The quantitative estimate of drug-likeness (QED) is 0.798. The molecule has 0 aliphatic heterocycles. The van der Waals surface area contributed by atoms with Crippen LogP contribution in [0.5, 0.6) is 11.6 Å². The third kappa shape index (κ3) is 3.40. The molecule has 0 bridgehead atoms. The molecule has 0 atom stereocenters. The molecule has 3 rings (SSSR count). The highest BCUT2D eigenvalue weighted by molar-refractivity contribution is 6.01. The molecule has 6 nitrogen and oxygen atoms in total. The van der Waals surface area contributed by atoms with Gasteiger partial charge in [0, 0.05) is 6.04 Å². The average Bonchev–Trinajstić information content (AvgIpc) is 3.17. The summed E-state index contributed by atoms with van der Waals surface area (Å²) in [6.45, 7) is 5.10. The van der Waals surface area contributed by atoms with Crippen molar-refractivity contribution >= 4 is 5.78 Å². The second-order valence-electron chi connectivity index (χ2n) is 7.33. The summed E-state index contributed by atoms with van der Waals surface area (Å²) in [5.74, 6) is -0.225. The topological polar surface area (TPSA) is 92.3 Å². The second kappa shape index (κ2) is 7.89. The number of rotatable bonds is 5. The van der Waals surface area contributed by atoms with E-state index in [1.807, 2.05) is 32.0 Å². The Kier molecular flexibility index (Phi) is 5.55. The second-order valence-corrected chi connectivity index (χ2v) is 7.33. The van der Waals surface area contributed by atoms with Crippen LogP contribution in [-0.2, 0) is 0 Å². The highest BCUT2D eigenvalue weighted by Gasteiger charge is 2.29. The number of aryl methyl sites for hydroxylation is 1. The zero-order valence-corrected chi connectivity index (χ0v) is 16.4. The Hall–Kier alpha value is -3.07. The van der Waals surface area contributed by atoms with E-state index >= 15 is 0 Å². The summed E-state index contributed by atoms with van der Waals surface area (Å²) >= 11 is 0. The fourth-order valence-electron chi connectivity index (χ4n) is 3.85. The summed E-state index contributed by atoms with van der Waals surface area (Å²) in [5, 5.41) is 20.2. The van der Waals surface area contributed by atoms with Gasteiger partial charge in [-0.2, -0.15) is 5.26 Å². The number of nitriles is 1. The van der Waals surface area contributed by atoms with E-state index in [9.17, 15) is 20.0 Å². The monoisotopic (exact) mass is 380 g/mol. The van der Waals surface area contributed by atoms with Gasteiger partial charge in [0.15, 0.2) is 6.61 Å². The van der Waals surface area contributed by atoms with E-state index in [-0.39, 0.29) is 35.2 Å². The normalized spacial score (nSPS) is 14.1. The molecule has 0 radical (unpaired) electrons. The predicted molar refractivity (Wildman–Crippen MR) is 105 cm³/mol. The van der Waals surface area contributed by atoms with Gasteiger partial charge in [0.25, 0.3) is 5.56 Å². The van der Waals surface area contributed by atoms with Crippen LogP contribution in [0.2, 0.25) is 0 Å². The van der Waals surface area contributed by atoms with Gasteiger partial charge in [-0.15, -0.1) is 0 Å². The number of hydrogen-bond donors (Lipinski definition) is 1. The van der Waals surface area contributed by atoms with Crippen molar-refractivity contribution in [2.75, 3.05) is 6.61 Å². The Morgan fingerprint density at radius 1 is 1.25 bits per heavy atom. The maximum Gasteiger partial charge on any atom is 0.271 e. The maximum atomic E-state index is 12.9. The maximum absolute atomic E-state index is 12.9. The lowest BCUT2D eigenvalue weighted by atomic mass is 10.0. The molecule has 0 spiro atoms. The van der Waals surface area contributed by atoms with Crippen molar-refractivity contribution in [2.24, 2.45) is 0 Å². The fourth-order valence-corrected chi connectivity index (χ4v) is 3.85. The van der Waals surface area contributed by atoms with Crippen LogP contribution in [0.4, 0.5) is 0 Å². The van der Waals surface area contributed by atoms with Crippen LogP contribution in [0.1, 0.15) is 64.3 Å². The predicted octanol–water partition coefficient (Wildman–Crippen LogP) is 3.73. The molecular weight excluding hydrogens is 356 g/mol. The molecule has 28 heavy (non-hydrogen) atoms. The van der Waals surface area contributed by atoms with Crippen LogP contribution < -0.4 is 10.3 Å². The van der Waals surface area contributed by atoms with Crippen molar-refractivity contribution in [3.05, 3.63) is 56.4 Å². The number of ether oxygens (including phenoxy) is 1. The summed E-state index contributed by atoms with van der Waals surface area (Å²) in [6.07, 6.45) is 3.39. The molecule has 1 fully saturated rings. The van der Waals surface area contributed by atoms with Crippen LogP contribution in [0.25, 0.3) is 0 Å². The third-order valence-electron chi connectivity index (χ3n) is 5.63. The number of carbonyl (C=O) groups is 1. The molecule has 1 N–H and O–H groups in total. The van der Waals surface area contributed by atoms with E-state index in [4.69, 9.17) is 4.74 Å². The molecule has 146 valence electrons. The Morgan fingerprint density at radius 2 is 1.93 bits per heavy atom. The van der Waals surface area contributed by atoms with Gasteiger partial charge in [-0.1, -0.05) is 25.0 Å². The molecule has 1 aliphatic rings. The van der Waals surface area contributed by atoms with Gasteiger partial charge < -0.3 is 9.84 Å². The summed E-state index contributed by atoms with van der Waals surface area (Å²) in [4.78, 5) is 25.6. The zero-order chi connectivity index (χ0) is 20.4. The van der Waals surface area contributed by atoms with Gasteiger partial charge in [0.05, 0.1) is 5.56 Å². The van der Waals surface area contributed by atoms with E-state index in [1.54, 1.807) is 6.07 Å². The number of hydrogen-bond acceptors (Lipinski definition) is 5. The lowest BCUT2D eigenvalue weighted by Gasteiger charge is -2.20. The Morgan fingerprint density at radius 3 is 2.57 bits per heavy atom. The molecule has 6 heteroatoms. The summed E-state index contributed by atoms with van der Waals surface area (Å²) < 4.78 is 6.91. The van der Waals surface area contributed by atoms with E-state index in [2.05, 4.69) is 0 Å². The Labute approximate surface area is 164 Å². The number of pyridine rings is 1. The van der Waals surface area contributed by atoms with Crippen molar-refractivity contribution in [2.45, 2.75) is 52.5 Å². The molecule has 0 amide bonds. The first-order chi connectivity index (χ1) is 13.4. The lowest BCUT2D eigenvalue weighted by Crippen LogP contribution is -2.29. The van der Waals surface area contributed by atoms with Crippen LogP contribution in [-0.4, -0.2) is 22.1 Å². The standard InChI is InChI=1S/C22H24N2O4/c1-13-7-6-10-19(14(13)2)28-12-18(25)20-15(3)17(11-23)21(26)24(22(20)27)16-8-4-5-9-16/h6-7,10,16,27H,4-5,8-9,12H2,1-3H3. The third-order valence-corrected chi connectivity index (χ3v) is 5.63. The molecule has 2 aromatic rings. The summed E-state index contributed by atoms with van der Waals surface area (Å²) in [6, 6.07) is 7.30. The van der Waals surface area contributed by atoms with Crippen molar-refractivity contribution in [3.63, 3.8) is 0 Å². The number of nitrogens with zero attached hydrogens (tertiary/aromatic N) is 2. The minimum Gasteiger partial charge on any atom is -0.494 e. The van der Waals surface area contributed by atoms with Gasteiger partial charge >= 0.3 is 0 Å². The molecule has 1 heterocycles. The van der Waals surface area contributed by atoms with Gasteiger partial charge in [-0.25, -0.2) is 0 Å². The molecule has 1 aromatic heterocycles. The first-order valence-electron chi connectivity index (χ1n) is 9.47. The SMILES string of the molecule is Cc1cccc(OCC(=O)c2c(C)c(C#N)c(=O)n(C3CCCC3)c2O)c1C. The van der Waals surface area contributed by atoms with Crippen LogP contribution in [0.3, 0.4) is 0 Å². The Balaban J connectivity index is 1.99. The smallest absolute Gasteiger partial charge is 0.271 e. The minimum atomic E-state index is -0.531. The number of ketones is 1. The van der Waals surface area contributed by atoms with Crippen LogP contribution >= 0.6 is 0 Å². The number of Topliss-reactive ketones (excluding diaryl/α,β-unsaturated/α-hetero) is 1.